The smallest absolute Gasteiger partial charge is 0.255 e. The molecule has 0 unspecified atom stereocenters. The van der Waals surface area contributed by atoms with Gasteiger partial charge in [0.2, 0.25) is 5.91 Å². The monoisotopic (exact) mass is 322 g/mol. The summed E-state index contributed by atoms with van der Waals surface area (Å²) in [5.74, 6) is 0.469. The topological polar surface area (TPSA) is 49.4 Å². The molecule has 0 aromatic heterocycles. The highest BCUT2D eigenvalue weighted by Gasteiger charge is 2.24. The van der Waals surface area contributed by atoms with Gasteiger partial charge in [-0.1, -0.05) is 32.0 Å². The van der Waals surface area contributed by atoms with Crippen molar-refractivity contribution in [3.8, 4) is 0 Å². The van der Waals surface area contributed by atoms with Crippen LogP contribution in [0.1, 0.15) is 36.2 Å². The van der Waals surface area contributed by atoms with Gasteiger partial charge in [-0.15, -0.1) is 0 Å². The minimum Gasteiger partial charge on any atom is -0.322 e. The molecule has 2 amide bonds. The first kappa shape index (κ1) is 16.2. The Hall–Kier alpha value is -2.62. The first-order valence-electron chi connectivity index (χ1n) is 8.34. The van der Waals surface area contributed by atoms with Crippen molar-refractivity contribution in [2.75, 3.05) is 16.8 Å². The van der Waals surface area contributed by atoms with E-state index >= 15 is 0 Å². The fraction of sp³-hybridized carbons (Fsp3) is 0.300. The zero-order chi connectivity index (χ0) is 17.1. The van der Waals surface area contributed by atoms with Crippen LogP contribution in [0, 0.1) is 5.92 Å². The third kappa shape index (κ3) is 3.48. The van der Waals surface area contributed by atoms with Crippen molar-refractivity contribution in [2.24, 2.45) is 5.92 Å². The maximum atomic E-state index is 12.3. The standard InChI is InChI=1S/C20H22N2O2/c1-14(2)13-22-18-10-9-17(12-16(18)8-11-19(22)23)21-20(24)15-6-4-3-5-7-15/h3-7,9-10,12,14H,8,11,13H2,1-2H3,(H,21,24). The summed E-state index contributed by atoms with van der Waals surface area (Å²) in [5, 5.41) is 2.93. The van der Waals surface area contributed by atoms with E-state index in [2.05, 4.69) is 19.2 Å². The first-order chi connectivity index (χ1) is 11.5. The van der Waals surface area contributed by atoms with Crippen LogP contribution in [0.25, 0.3) is 0 Å². The number of hydrogen-bond donors (Lipinski definition) is 1. The first-order valence-corrected chi connectivity index (χ1v) is 8.34. The molecule has 0 saturated carbocycles. The van der Waals surface area contributed by atoms with Gasteiger partial charge in [0.15, 0.2) is 0 Å². The van der Waals surface area contributed by atoms with Crippen molar-refractivity contribution in [3.05, 3.63) is 59.7 Å². The van der Waals surface area contributed by atoms with E-state index in [-0.39, 0.29) is 11.8 Å². The van der Waals surface area contributed by atoms with Gasteiger partial charge < -0.3 is 10.2 Å². The zero-order valence-electron chi connectivity index (χ0n) is 14.1. The number of carbonyl (C=O) groups excluding carboxylic acids is 2. The fourth-order valence-corrected chi connectivity index (χ4v) is 3.00. The summed E-state index contributed by atoms with van der Waals surface area (Å²) < 4.78 is 0. The van der Waals surface area contributed by atoms with Gasteiger partial charge in [-0.2, -0.15) is 0 Å². The second-order valence-corrected chi connectivity index (χ2v) is 6.56. The number of fused-ring (bicyclic) bond motifs is 1. The molecule has 2 aromatic rings. The molecule has 24 heavy (non-hydrogen) atoms. The number of nitrogens with zero attached hydrogens (tertiary/aromatic N) is 1. The Bertz CT molecular complexity index is 753. The number of benzene rings is 2. The summed E-state index contributed by atoms with van der Waals surface area (Å²) in [6.07, 6.45) is 1.24. The largest absolute Gasteiger partial charge is 0.322 e. The lowest BCUT2D eigenvalue weighted by Crippen LogP contribution is -2.37. The second kappa shape index (κ2) is 6.87. The van der Waals surface area contributed by atoms with Crippen molar-refractivity contribution < 1.29 is 9.59 Å². The molecule has 1 aliphatic heterocycles. The summed E-state index contributed by atoms with van der Waals surface area (Å²) in [4.78, 5) is 26.3. The lowest BCUT2D eigenvalue weighted by atomic mass is 9.99. The molecule has 1 heterocycles. The lowest BCUT2D eigenvalue weighted by molar-refractivity contribution is -0.119. The minimum atomic E-state index is -0.124. The van der Waals surface area contributed by atoms with E-state index in [0.29, 0.717) is 17.9 Å². The SMILES string of the molecule is CC(C)CN1C(=O)CCc2cc(NC(=O)c3ccccc3)ccc21. The van der Waals surface area contributed by atoms with Gasteiger partial charge in [-0.3, -0.25) is 9.59 Å². The zero-order valence-corrected chi connectivity index (χ0v) is 14.1. The number of carbonyl (C=O) groups is 2. The van der Waals surface area contributed by atoms with Gasteiger partial charge in [0.25, 0.3) is 5.91 Å². The van der Waals surface area contributed by atoms with Crippen LogP contribution in [0.3, 0.4) is 0 Å². The summed E-state index contributed by atoms with van der Waals surface area (Å²) in [6, 6.07) is 14.9. The van der Waals surface area contributed by atoms with Crippen LogP contribution in [-0.4, -0.2) is 18.4 Å². The molecule has 0 aliphatic carbocycles. The number of nitrogens with one attached hydrogen (secondary N) is 1. The Balaban J connectivity index is 1.81. The van der Waals surface area contributed by atoms with Crippen LogP contribution < -0.4 is 10.2 Å². The third-order valence-electron chi connectivity index (χ3n) is 4.12. The number of anilines is 2. The predicted octanol–water partition coefficient (Wildman–Crippen LogP) is 3.87. The van der Waals surface area contributed by atoms with Gasteiger partial charge in [-0.05, 0) is 48.2 Å². The molecule has 4 nitrogen and oxygen atoms in total. The minimum absolute atomic E-state index is 0.124. The maximum Gasteiger partial charge on any atom is 0.255 e. The molecular formula is C20H22N2O2. The second-order valence-electron chi connectivity index (χ2n) is 6.56. The van der Waals surface area contributed by atoms with Gasteiger partial charge in [0.1, 0.15) is 0 Å². The van der Waals surface area contributed by atoms with Gasteiger partial charge in [-0.25, -0.2) is 0 Å². The molecule has 124 valence electrons. The van der Waals surface area contributed by atoms with Crippen LogP contribution >= 0.6 is 0 Å². The molecule has 4 heteroatoms. The van der Waals surface area contributed by atoms with E-state index in [9.17, 15) is 9.59 Å². The van der Waals surface area contributed by atoms with E-state index in [1.54, 1.807) is 12.1 Å². The normalized spacial score (nSPS) is 13.8. The fourth-order valence-electron chi connectivity index (χ4n) is 3.00. The maximum absolute atomic E-state index is 12.3. The quantitative estimate of drug-likeness (QED) is 0.929. The predicted molar refractivity (Wildman–Crippen MR) is 96.3 cm³/mol. The van der Waals surface area contributed by atoms with Crippen molar-refractivity contribution in [1.82, 2.24) is 0 Å². The van der Waals surface area contributed by atoms with Gasteiger partial charge in [0, 0.05) is 29.9 Å². The molecule has 0 spiro atoms. The van der Waals surface area contributed by atoms with Crippen molar-refractivity contribution in [1.29, 1.82) is 0 Å². The molecule has 0 bridgehead atoms. The Morgan fingerprint density at radius 2 is 1.88 bits per heavy atom. The van der Waals surface area contributed by atoms with E-state index in [0.717, 1.165) is 29.9 Å². The number of hydrogen-bond acceptors (Lipinski definition) is 2. The third-order valence-corrected chi connectivity index (χ3v) is 4.12. The molecule has 0 saturated heterocycles. The summed E-state index contributed by atoms with van der Waals surface area (Å²) in [7, 11) is 0. The van der Waals surface area contributed by atoms with Crippen molar-refractivity contribution in [3.63, 3.8) is 0 Å². The van der Waals surface area contributed by atoms with Crippen LogP contribution in [0.5, 0.6) is 0 Å². The highest BCUT2D eigenvalue weighted by atomic mass is 16.2. The van der Waals surface area contributed by atoms with Crippen LogP contribution in [0.15, 0.2) is 48.5 Å². The molecule has 0 atom stereocenters. The average Bonchev–Trinajstić information content (AvgIpc) is 2.58. The number of aryl methyl sites for hydroxylation is 1. The molecule has 0 radical (unpaired) electrons. The highest BCUT2D eigenvalue weighted by Crippen LogP contribution is 2.31. The van der Waals surface area contributed by atoms with E-state index in [1.807, 2.05) is 41.3 Å². The summed E-state index contributed by atoms with van der Waals surface area (Å²) >= 11 is 0. The average molecular weight is 322 g/mol. The summed E-state index contributed by atoms with van der Waals surface area (Å²) in [6.45, 7) is 4.94. The van der Waals surface area contributed by atoms with Crippen LogP contribution in [0.2, 0.25) is 0 Å². The van der Waals surface area contributed by atoms with Crippen molar-refractivity contribution in [2.45, 2.75) is 26.7 Å². The van der Waals surface area contributed by atoms with Gasteiger partial charge >= 0.3 is 0 Å². The molecule has 3 rings (SSSR count). The molecule has 2 aromatic carbocycles. The van der Waals surface area contributed by atoms with Crippen LogP contribution in [-0.2, 0) is 11.2 Å². The molecular weight excluding hydrogens is 300 g/mol. The number of amides is 2. The summed E-state index contributed by atoms with van der Waals surface area (Å²) in [5.41, 5.74) is 3.48. The Kier molecular flexibility index (Phi) is 4.65. The van der Waals surface area contributed by atoms with Gasteiger partial charge in [0.05, 0.1) is 0 Å². The Morgan fingerprint density at radius 1 is 1.12 bits per heavy atom. The lowest BCUT2D eigenvalue weighted by Gasteiger charge is -2.31. The Morgan fingerprint density at radius 3 is 2.58 bits per heavy atom. The van der Waals surface area contributed by atoms with Crippen molar-refractivity contribution >= 4 is 23.2 Å². The van der Waals surface area contributed by atoms with E-state index < -0.39 is 0 Å². The molecule has 1 aliphatic rings. The van der Waals surface area contributed by atoms with Crippen LogP contribution in [0.4, 0.5) is 11.4 Å². The molecule has 1 N–H and O–H groups in total. The van der Waals surface area contributed by atoms with E-state index in [4.69, 9.17) is 0 Å². The number of rotatable bonds is 4. The van der Waals surface area contributed by atoms with E-state index in [1.165, 1.54) is 0 Å². The molecule has 0 fully saturated rings. The highest BCUT2D eigenvalue weighted by molar-refractivity contribution is 6.04. The Labute approximate surface area is 142 Å².